The highest BCUT2D eigenvalue weighted by Crippen LogP contribution is 2.38. The number of nitrogens with zero attached hydrogens (tertiary/aromatic N) is 1. The zero-order valence-electron chi connectivity index (χ0n) is 15.8. The van der Waals surface area contributed by atoms with Crippen LogP contribution >= 0.6 is 0 Å². The maximum atomic E-state index is 13.5. The lowest BCUT2D eigenvalue weighted by molar-refractivity contribution is -0.151. The normalized spacial score (nSPS) is 19.5. The number of carbonyl (C=O) groups is 2. The zero-order valence-corrected chi connectivity index (χ0v) is 16.6. The number of fused-ring (bicyclic) bond motifs is 1. The Hall–Kier alpha value is -2.71. The summed E-state index contributed by atoms with van der Waals surface area (Å²) in [6, 6.07) is 10.7. The monoisotopic (exact) mass is 403 g/mol. The molecule has 0 saturated carbocycles. The van der Waals surface area contributed by atoms with Crippen LogP contribution in [0, 0.1) is 6.92 Å². The number of methoxy groups -OCH3 is 2. The maximum absolute atomic E-state index is 13.5. The topological polar surface area (TPSA) is 90.0 Å². The van der Waals surface area contributed by atoms with Gasteiger partial charge in [-0.25, -0.2) is 13.2 Å². The first-order valence-electron chi connectivity index (χ1n) is 8.65. The molecule has 0 aliphatic carbocycles. The van der Waals surface area contributed by atoms with Crippen molar-refractivity contribution >= 4 is 22.0 Å². The highest BCUT2D eigenvalue weighted by Gasteiger charge is 2.49. The van der Waals surface area contributed by atoms with Gasteiger partial charge in [0.15, 0.2) is 0 Å². The first kappa shape index (κ1) is 20.0. The molecular formula is C20H21NO6S. The maximum Gasteiger partial charge on any atom is 0.328 e. The summed E-state index contributed by atoms with van der Waals surface area (Å²) in [5.41, 5.74) is 2.07. The lowest BCUT2D eigenvalue weighted by Crippen LogP contribution is -2.53. The third kappa shape index (κ3) is 3.41. The van der Waals surface area contributed by atoms with Gasteiger partial charge in [0.05, 0.1) is 19.1 Å². The van der Waals surface area contributed by atoms with Crippen molar-refractivity contribution in [2.24, 2.45) is 0 Å². The Labute approximate surface area is 163 Å². The van der Waals surface area contributed by atoms with Gasteiger partial charge in [0.25, 0.3) is 0 Å². The summed E-state index contributed by atoms with van der Waals surface area (Å²) in [7, 11) is -1.83. The second-order valence-corrected chi connectivity index (χ2v) is 8.36. The molecule has 8 heteroatoms. The third-order valence-electron chi connectivity index (χ3n) is 4.82. The van der Waals surface area contributed by atoms with E-state index in [1.165, 1.54) is 26.4 Å². The zero-order chi connectivity index (χ0) is 20.5. The van der Waals surface area contributed by atoms with E-state index < -0.39 is 34.0 Å². The van der Waals surface area contributed by atoms with E-state index in [1.807, 2.05) is 6.92 Å². The summed E-state index contributed by atoms with van der Waals surface area (Å²) in [5, 5.41) is 0. The fourth-order valence-corrected chi connectivity index (χ4v) is 5.10. The molecule has 0 spiro atoms. The number of carbonyl (C=O) groups excluding carboxylic acids is 2. The van der Waals surface area contributed by atoms with Crippen LogP contribution in [0.15, 0.2) is 53.4 Å². The molecule has 2 unspecified atom stereocenters. The van der Waals surface area contributed by atoms with Gasteiger partial charge in [0.1, 0.15) is 12.1 Å². The molecule has 0 radical (unpaired) electrons. The molecule has 0 saturated heterocycles. The van der Waals surface area contributed by atoms with Gasteiger partial charge in [-0.1, -0.05) is 42.0 Å². The minimum Gasteiger partial charge on any atom is -0.468 e. The number of hydrogen-bond acceptors (Lipinski definition) is 6. The number of benzene rings is 2. The van der Waals surface area contributed by atoms with Crippen LogP contribution in [0.1, 0.15) is 22.7 Å². The quantitative estimate of drug-likeness (QED) is 0.726. The van der Waals surface area contributed by atoms with Gasteiger partial charge in [-0.05, 0) is 30.2 Å². The van der Waals surface area contributed by atoms with E-state index in [9.17, 15) is 18.0 Å². The van der Waals surface area contributed by atoms with Crippen LogP contribution in [-0.2, 0) is 35.5 Å². The predicted molar refractivity (Wildman–Crippen MR) is 101 cm³/mol. The van der Waals surface area contributed by atoms with E-state index in [4.69, 9.17) is 9.47 Å². The van der Waals surface area contributed by atoms with Crippen LogP contribution in [0.4, 0.5) is 0 Å². The van der Waals surface area contributed by atoms with E-state index in [0.717, 1.165) is 9.87 Å². The second kappa shape index (κ2) is 7.73. The Balaban J connectivity index is 2.24. The number of hydrogen-bond donors (Lipinski definition) is 0. The van der Waals surface area contributed by atoms with Gasteiger partial charge in [-0.2, -0.15) is 4.31 Å². The van der Waals surface area contributed by atoms with Crippen LogP contribution in [0.25, 0.3) is 0 Å². The van der Waals surface area contributed by atoms with Crippen molar-refractivity contribution in [3.8, 4) is 0 Å². The third-order valence-corrected chi connectivity index (χ3v) is 6.71. The van der Waals surface area contributed by atoms with Crippen molar-refractivity contribution < 1.29 is 27.5 Å². The van der Waals surface area contributed by atoms with Crippen LogP contribution in [-0.4, -0.2) is 44.9 Å². The molecule has 1 aliphatic heterocycles. The largest absolute Gasteiger partial charge is 0.468 e. The van der Waals surface area contributed by atoms with Crippen LogP contribution < -0.4 is 0 Å². The Morgan fingerprint density at radius 3 is 2.18 bits per heavy atom. The van der Waals surface area contributed by atoms with E-state index in [1.54, 1.807) is 36.4 Å². The average molecular weight is 403 g/mol. The molecule has 2 atom stereocenters. The Morgan fingerprint density at radius 2 is 1.57 bits per heavy atom. The van der Waals surface area contributed by atoms with Crippen LogP contribution in [0.5, 0.6) is 0 Å². The molecular weight excluding hydrogens is 382 g/mol. The first-order valence-corrected chi connectivity index (χ1v) is 10.1. The lowest BCUT2D eigenvalue weighted by Gasteiger charge is -2.39. The molecule has 3 rings (SSSR count). The van der Waals surface area contributed by atoms with E-state index in [2.05, 4.69) is 0 Å². The molecule has 1 heterocycles. The molecule has 0 amide bonds. The standard InChI is InChI=1S/C20H21NO6S/c1-13-8-10-15(11-9-13)28(24,25)21-17(19(22)26-2)12-14-6-4-5-7-16(14)18(21)20(23)27-3/h4-11,17-18H,12H2,1-3H3. The van der Waals surface area contributed by atoms with Crippen molar-refractivity contribution in [3.05, 3.63) is 65.2 Å². The minimum absolute atomic E-state index is 0.0136. The molecule has 1 aliphatic rings. The van der Waals surface area contributed by atoms with Crippen LogP contribution in [0.3, 0.4) is 0 Å². The van der Waals surface area contributed by atoms with Crippen LogP contribution in [0.2, 0.25) is 0 Å². The van der Waals surface area contributed by atoms with E-state index >= 15 is 0 Å². The Morgan fingerprint density at radius 1 is 0.964 bits per heavy atom. The molecule has 7 nitrogen and oxygen atoms in total. The summed E-state index contributed by atoms with van der Waals surface area (Å²) >= 11 is 0. The molecule has 2 aromatic carbocycles. The van der Waals surface area contributed by atoms with E-state index in [-0.39, 0.29) is 11.3 Å². The molecule has 0 aromatic heterocycles. The van der Waals surface area contributed by atoms with Crippen molar-refractivity contribution in [1.29, 1.82) is 0 Å². The SMILES string of the molecule is COC(=O)C1Cc2ccccc2C(C(=O)OC)N1S(=O)(=O)c1ccc(C)cc1. The van der Waals surface area contributed by atoms with Gasteiger partial charge in [-0.3, -0.25) is 4.79 Å². The smallest absolute Gasteiger partial charge is 0.328 e. The molecule has 28 heavy (non-hydrogen) atoms. The summed E-state index contributed by atoms with van der Waals surface area (Å²) in [6.07, 6.45) is 0.0986. The molecule has 0 fully saturated rings. The Bertz CT molecular complexity index is 1000. The summed E-state index contributed by atoms with van der Waals surface area (Å²) < 4.78 is 37.6. The average Bonchev–Trinajstić information content (AvgIpc) is 2.71. The predicted octanol–water partition coefficient (Wildman–Crippen LogP) is 2.00. The fraction of sp³-hybridized carbons (Fsp3) is 0.300. The highest BCUT2D eigenvalue weighted by atomic mass is 32.2. The number of ether oxygens (including phenoxy) is 2. The number of rotatable bonds is 4. The Kier molecular flexibility index (Phi) is 5.53. The molecule has 0 N–H and O–H groups in total. The molecule has 148 valence electrons. The van der Waals surface area contributed by atoms with Gasteiger partial charge in [0, 0.05) is 6.42 Å². The summed E-state index contributed by atoms with van der Waals surface area (Å²) in [6.45, 7) is 1.84. The van der Waals surface area contributed by atoms with Gasteiger partial charge in [0.2, 0.25) is 10.0 Å². The molecule has 0 bridgehead atoms. The van der Waals surface area contributed by atoms with Gasteiger partial charge < -0.3 is 9.47 Å². The van der Waals surface area contributed by atoms with Crippen molar-refractivity contribution in [3.63, 3.8) is 0 Å². The highest BCUT2D eigenvalue weighted by molar-refractivity contribution is 7.89. The van der Waals surface area contributed by atoms with Crippen molar-refractivity contribution in [1.82, 2.24) is 4.31 Å². The van der Waals surface area contributed by atoms with Gasteiger partial charge >= 0.3 is 11.9 Å². The minimum atomic E-state index is -4.20. The van der Waals surface area contributed by atoms with Crippen molar-refractivity contribution in [2.45, 2.75) is 30.3 Å². The van der Waals surface area contributed by atoms with Gasteiger partial charge in [-0.15, -0.1) is 0 Å². The summed E-state index contributed by atoms with van der Waals surface area (Å²) in [5.74, 6) is -1.50. The fourth-order valence-electron chi connectivity index (χ4n) is 3.41. The summed E-state index contributed by atoms with van der Waals surface area (Å²) in [4.78, 5) is 25.1. The lowest BCUT2D eigenvalue weighted by atomic mass is 9.90. The number of aryl methyl sites for hydroxylation is 1. The van der Waals surface area contributed by atoms with Crippen molar-refractivity contribution in [2.75, 3.05) is 14.2 Å². The molecule has 2 aromatic rings. The number of esters is 2. The first-order chi connectivity index (χ1) is 13.3. The second-order valence-electron chi connectivity index (χ2n) is 6.52. The number of sulfonamides is 1. The van der Waals surface area contributed by atoms with E-state index in [0.29, 0.717) is 11.1 Å².